The van der Waals surface area contributed by atoms with Crippen molar-refractivity contribution in [1.29, 1.82) is 0 Å². The topological polar surface area (TPSA) is 48.9 Å². The molecule has 1 fully saturated rings. The van der Waals surface area contributed by atoms with E-state index < -0.39 is 6.36 Å². The number of nitrogens with one attached hydrogen (secondary N) is 2. The predicted molar refractivity (Wildman–Crippen MR) is 111 cm³/mol. The van der Waals surface area contributed by atoms with Crippen molar-refractivity contribution in [3.8, 4) is 5.75 Å². The summed E-state index contributed by atoms with van der Waals surface area (Å²) in [7, 11) is 0. The van der Waals surface area contributed by atoms with E-state index in [9.17, 15) is 13.2 Å². The van der Waals surface area contributed by atoms with Crippen molar-refractivity contribution in [2.75, 3.05) is 24.5 Å². The quantitative estimate of drug-likeness (QED) is 0.532. The molecule has 2 N–H and O–H groups in total. The molecule has 1 aliphatic heterocycles. The third-order valence-corrected chi connectivity index (χ3v) is 5.53. The van der Waals surface area contributed by atoms with Crippen LogP contribution in [0, 0.1) is 0 Å². The van der Waals surface area contributed by atoms with Crippen molar-refractivity contribution in [3.05, 3.63) is 47.3 Å². The molecule has 1 saturated heterocycles. The zero-order valence-corrected chi connectivity index (χ0v) is 17.0. The molecule has 0 saturated carbocycles. The number of halogens is 3. The average molecular weight is 427 g/mol. The minimum atomic E-state index is -4.72. The van der Waals surface area contributed by atoms with E-state index in [4.69, 9.17) is 0 Å². The number of hydrogen-bond acceptors (Lipinski definition) is 4. The van der Waals surface area contributed by atoms with Crippen LogP contribution in [0.2, 0.25) is 0 Å². The molecule has 9 heteroatoms. The molecule has 2 heterocycles. The zero-order chi connectivity index (χ0) is 20.7. The summed E-state index contributed by atoms with van der Waals surface area (Å²) in [6, 6.07) is 10.5. The number of hydrogen-bond donors (Lipinski definition) is 2. The van der Waals surface area contributed by atoms with Crippen LogP contribution in [-0.4, -0.2) is 38.0 Å². The van der Waals surface area contributed by atoms with Crippen molar-refractivity contribution in [3.63, 3.8) is 0 Å². The van der Waals surface area contributed by atoms with E-state index in [1.165, 1.54) is 17.1 Å². The van der Waals surface area contributed by atoms with Crippen LogP contribution >= 0.6 is 11.3 Å². The Morgan fingerprint density at radius 1 is 1.21 bits per heavy atom. The first-order chi connectivity index (χ1) is 13.9. The first-order valence-electron chi connectivity index (χ1n) is 9.61. The minimum absolute atomic E-state index is 0.0929. The molecule has 0 atom stereocenters. The highest BCUT2D eigenvalue weighted by atomic mass is 32.1. The second-order valence-electron chi connectivity index (χ2n) is 6.71. The third kappa shape index (κ3) is 6.56. The lowest BCUT2D eigenvalue weighted by atomic mass is 10.1. The predicted octanol–water partition coefficient (Wildman–Crippen LogP) is 4.37. The number of nitrogens with zero attached hydrogens (tertiary/aromatic N) is 2. The van der Waals surface area contributed by atoms with E-state index in [1.54, 1.807) is 23.5 Å². The Kier molecular flexibility index (Phi) is 7.24. The first-order valence-corrected chi connectivity index (χ1v) is 10.5. The molecule has 5 nitrogen and oxygen atoms in total. The zero-order valence-electron chi connectivity index (χ0n) is 16.2. The lowest BCUT2D eigenvalue weighted by Gasteiger charge is -2.33. The lowest BCUT2D eigenvalue weighted by molar-refractivity contribution is -0.274. The van der Waals surface area contributed by atoms with Crippen molar-refractivity contribution in [1.82, 2.24) is 10.6 Å². The van der Waals surface area contributed by atoms with Gasteiger partial charge in [-0.15, -0.1) is 24.5 Å². The maximum absolute atomic E-state index is 12.6. The van der Waals surface area contributed by atoms with Gasteiger partial charge in [0.05, 0.1) is 11.5 Å². The van der Waals surface area contributed by atoms with Crippen molar-refractivity contribution in [2.45, 2.75) is 38.7 Å². The maximum atomic E-state index is 12.6. The van der Waals surface area contributed by atoms with E-state index >= 15 is 0 Å². The Morgan fingerprint density at radius 2 is 1.97 bits per heavy atom. The van der Waals surface area contributed by atoms with Crippen molar-refractivity contribution < 1.29 is 17.9 Å². The van der Waals surface area contributed by atoms with Gasteiger partial charge < -0.3 is 20.3 Å². The standard InChI is InChI=1S/C20H25F3N4OS/c1-2-24-19(25-14-15-6-3-4-7-17(15)28-20(21,22)23)26-16-9-11-27(12-10-16)18-8-5-13-29-18/h3-8,13,16H,2,9-12,14H2,1H3,(H2,24,25,26). The highest BCUT2D eigenvalue weighted by Gasteiger charge is 2.32. The van der Waals surface area contributed by atoms with Crippen LogP contribution in [0.5, 0.6) is 5.75 Å². The van der Waals surface area contributed by atoms with Gasteiger partial charge in [0.25, 0.3) is 0 Å². The molecule has 3 rings (SSSR count). The van der Waals surface area contributed by atoms with Crippen molar-refractivity contribution in [2.24, 2.45) is 4.99 Å². The fourth-order valence-electron chi connectivity index (χ4n) is 3.23. The van der Waals surface area contributed by atoms with Crippen LogP contribution in [0.25, 0.3) is 0 Å². The van der Waals surface area contributed by atoms with Crippen molar-refractivity contribution >= 4 is 22.3 Å². The van der Waals surface area contributed by atoms with Gasteiger partial charge in [0.2, 0.25) is 0 Å². The Hall–Kier alpha value is -2.42. The summed E-state index contributed by atoms with van der Waals surface area (Å²) in [6.07, 6.45) is -2.79. The molecule has 0 aliphatic carbocycles. The van der Waals surface area contributed by atoms with Gasteiger partial charge in [-0.1, -0.05) is 18.2 Å². The highest BCUT2D eigenvalue weighted by molar-refractivity contribution is 7.14. The van der Waals surface area contributed by atoms with Gasteiger partial charge in [-0.3, -0.25) is 0 Å². The number of para-hydroxylation sites is 1. The van der Waals surface area contributed by atoms with Gasteiger partial charge >= 0.3 is 6.36 Å². The van der Waals surface area contributed by atoms with Gasteiger partial charge in [-0.2, -0.15) is 0 Å². The van der Waals surface area contributed by atoms with E-state index in [1.807, 2.05) is 6.92 Å². The number of guanidine groups is 1. The minimum Gasteiger partial charge on any atom is -0.405 e. The number of anilines is 1. The number of aliphatic imine (C=N–C) groups is 1. The Bertz CT molecular complexity index is 787. The second-order valence-corrected chi connectivity index (χ2v) is 7.63. The molecule has 0 spiro atoms. The molecule has 0 bridgehead atoms. The molecule has 1 aromatic carbocycles. The Labute approximate surface area is 172 Å². The van der Waals surface area contributed by atoms with Gasteiger partial charge in [0, 0.05) is 31.2 Å². The fraction of sp³-hybridized carbons (Fsp3) is 0.450. The maximum Gasteiger partial charge on any atom is 0.573 e. The van der Waals surface area contributed by atoms with E-state index in [0.29, 0.717) is 18.1 Å². The molecule has 158 valence electrons. The average Bonchev–Trinajstić information content (AvgIpc) is 3.21. The molecule has 1 aliphatic rings. The van der Waals surface area contributed by atoms with Gasteiger partial charge in [-0.25, -0.2) is 4.99 Å². The van der Waals surface area contributed by atoms with E-state index in [0.717, 1.165) is 25.9 Å². The summed E-state index contributed by atoms with van der Waals surface area (Å²) in [5.74, 6) is 0.382. The highest BCUT2D eigenvalue weighted by Crippen LogP contribution is 2.27. The second kappa shape index (κ2) is 9.87. The molecule has 0 unspecified atom stereocenters. The van der Waals surface area contributed by atoms with Crippen LogP contribution in [-0.2, 0) is 6.54 Å². The van der Waals surface area contributed by atoms with Gasteiger partial charge in [0.15, 0.2) is 5.96 Å². The first kappa shape index (κ1) is 21.3. The summed E-state index contributed by atoms with van der Waals surface area (Å²) in [4.78, 5) is 6.85. The monoisotopic (exact) mass is 426 g/mol. The molecular formula is C20H25F3N4OS. The molecule has 0 radical (unpaired) electrons. The number of piperidine rings is 1. The Balaban J connectivity index is 1.60. The van der Waals surface area contributed by atoms with Crippen LogP contribution < -0.4 is 20.3 Å². The summed E-state index contributed by atoms with van der Waals surface area (Å²) in [5, 5.41) is 9.95. The van der Waals surface area contributed by atoms with Crippen LogP contribution in [0.3, 0.4) is 0 Å². The molecule has 0 amide bonds. The largest absolute Gasteiger partial charge is 0.573 e. The summed E-state index contributed by atoms with van der Waals surface area (Å²) < 4.78 is 41.9. The van der Waals surface area contributed by atoms with E-state index in [2.05, 4.69) is 42.8 Å². The Morgan fingerprint density at radius 3 is 2.62 bits per heavy atom. The molecule has 2 aromatic rings. The summed E-state index contributed by atoms with van der Waals surface area (Å²) in [6.45, 7) is 4.63. The summed E-state index contributed by atoms with van der Waals surface area (Å²) in [5.41, 5.74) is 0.384. The van der Waals surface area contributed by atoms with Gasteiger partial charge in [-0.05, 0) is 43.3 Å². The number of rotatable bonds is 6. The normalized spacial score (nSPS) is 16.0. The van der Waals surface area contributed by atoms with Crippen LogP contribution in [0.1, 0.15) is 25.3 Å². The molecule has 1 aromatic heterocycles. The molecule has 29 heavy (non-hydrogen) atoms. The van der Waals surface area contributed by atoms with Crippen LogP contribution in [0.4, 0.5) is 18.2 Å². The number of alkyl halides is 3. The SMILES string of the molecule is CCNC(=NCc1ccccc1OC(F)(F)F)NC1CCN(c2cccs2)CC1. The lowest BCUT2D eigenvalue weighted by Crippen LogP contribution is -2.48. The fourth-order valence-corrected chi connectivity index (χ4v) is 4.02. The third-order valence-electron chi connectivity index (χ3n) is 4.60. The summed E-state index contributed by atoms with van der Waals surface area (Å²) >= 11 is 1.74. The number of ether oxygens (including phenoxy) is 1. The number of benzene rings is 1. The van der Waals surface area contributed by atoms with Crippen LogP contribution in [0.15, 0.2) is 46.8 Å². The number of thiophene rings is 1. The molecular weight excluding hydrogens is 401 g/mol. The van der Waals surface area contributed by atoms with Gasteiger partial charge in [0.1, 0.15) is 5.75 Å². The smallest absolute Gasteiger partial charge is 0.405 e. The van der Waals surface area contributed by atoms with E-state index in [-0.39, 0.29) is 18.3 Å².